The molecule has 0 aromatic heterocycles. The molecule has 1 heterocycles. The molecule has 3 aromatic carbocycles. The van der Waals surface area contributed by atoms with Crippen LogP contribution in [0.3, 0.4) is 0 Å². The van der Waals surface area contributed by atoms with Crippen LogP contribution in [0.4, 0.5) is 4.39 Å². The Kier molecular flexibility index (Phi) is 11.5. The van der Waals surface area contributed by atoms with Gasteiger partial charge in [0.2, 0.25) is 0 Å². The second-order valence-corrected chi connectivity index (χ2v) is 11.0. The number of methoxy groups -OCH3 is 1. The van der Waals surface area contributed by atoms with E-state index in [1.165, 1.54) is 19.4 Å². The number of benzene rings is 3. The molecule has 1 atom stereocenters. The number of carbonyl (C=O) groups excluding carboxylic acids is 2. The minimum atomic E-state index is -0.654. The van der Waals surface area contributed by atoms with Crippen LogP contribution in [0.15, 0.2) is 77.0 Å². The van der Waals surface area contributed by atoms with Crippen molar-refractivity contribution in [1.29, 1.82) is 0 Å². The summed E-state index contributed by atoms with van der Waals surface area (Å²) in [6.07, 6.45) is 1.41. The Morgan fingerprint density at radius 2 is 1.86 bits per heavy atom. The van der Waals surface area contributed by atoms with Gasteiger partial charge in [0.1, 0.15) is 18.2 Å². The number of hydrazone groups is 1. The summed E-state index contributed by atoms with van der Waals surface area (Å²) in [5.74, 6) is -0.277. The van der Waals surface area contributed by atoms with Crippen molar-refractivity contribution in [1.82, 2.24) is 16.1 Å². The number of halogens is 2. The van der Waals surface area contributed by atoms with Gasteiger partial charge in [0.25, 0.3) is 5.91 Å². The second kappa shape index (κ2) is 15.5. The van der Waals surface area contributed by atoms with Gasteiger partial charge in [-0.25, -0.2) is 14.6 Å². The molecule has 1 amide bonds. The number of rotatable bonds is 12. The van der Waals surface area contributed by atoms with Gasteiger partial charge in [-0.2, -0.15) is 5.10 Å². The number of para-hydroxylation sites is 1. The highest BCUT2D eigenvalue weighted by atomic mass is 127. The first-order valence-electron chi connectivity index (χ1n) is 13.4. The molecule has 4 rings (SSSR count). The van der Waals surface area contributed by atoms with Crippen molar-refractivity contribution in [2.24, 2.45) is 5.10 Å². The highest BCUT2D eigenvalue weighted by molar-refractivity contribution is 14.1. The third kappa shape index (κ3) is 8.23. The smallest absolute Gasteiger partial charge is 0.338 e. The van der Waals surface area contributed by atoms with E-state index in [2.05, 4.69) is 43.8 Å². The predicted octanol–water partition coefficient (Wildman–Crippen LogP) is 4.90. The summed E-state index contributed by atoms with van der Waals surface area (Å²) in [7, 11) is 1.50. The van der Waals surface area contributed by atoms with Gasteiger partial charge in [0, 0.05) is 26.0 Å². The van der Waals surface area contributed by atoms with E-state index in [9.17, 15) is 14.0 Å². The summed E-state index contributed by atoms with van der Waals surface area (Å²) < 4.78 is 37.5. The SMILES string of the molecule is CCOC(=O)C1=C(C)NC(=S)N[C@@H]1c1ccccc1OCC(=O)NN=Cc1cc(I)cc(OC)c1OCc1ccccc1F. The molecular weight excluding hydrogens is 702 g/mol. The lowest BCUT2D eigenvalue weighted by atomic mass is 9.95. The first-order chi connectivity index (χ1) is 21.2. The molecule has 1 aliphatic rings. The van der Waals surface area contributed by atoms with E-state index in [0.717, 1.165) is 3.57 Å². The third-order valence-electron chi connectivity index (χ3n) is 6.34. The zero-order valence-electron chi connectivity index (χ0n) is 24.1. The lowest BCUT2D eigenvalue weighted by Gasteiger charge is -2.30. The monoisotopic (exact) mass is 732 g/mol. The molecule has 1 aliphatic heterocycles. The fraction of sp³-hybridized carbons (Fsp3) is 0.226. The van der Waals surface area contributed by atoms with E-state index in [4.69, 9.17) is 31.2 Å². The molecule has 0 fully saturated rings. The number of allylic oxidation sites excluding steroid dienone is 1. The molecule has 0 bridgehead atoms. The molecule has 0 aliphatic carbocycles. The van der Waals surface area contributed by atoms with Crippen LogP contribution in [0.1, 0.15) is 36.6 Å². The zero-order chi connectivity index (χ0) is 31.6. The van der Waals surface area contributed by atoms with Crippen LogP contribution in [0, 0.1) is 9.39 Å². The maximum Gasteiger partial charge on any atom is 0.338 e. The van der Waals surface area contributed by atoms with E-state index in [0.29, 0.717) is 50.3 Å². The van der Waals surface area contributed by atoms with E-state index < -0.39 is 17.9 Å². The number of esters is 1. The number of nitrogens with one attached hydrogen (secondary N) is 3. The van der Waals surface area contributed by atoms with Gasteiger partial charge in [-0.3, -0.25) is 4.79 Å². The van der Waals surface area contributed by atoms with E-state index in [1.807, 2.05) is 0 Å². The molecule has 0 unspecified atom stereocenters. The Balaban J connectivity index is 1.46. The molecule has 3 aromatic rings. The molecule has 13 heteroatoms. The highest BCUT2D eigenvalue weighted by Crippen LogP contribution is 2.35. The molecule has 10 nitrogen and oxygen atoms in total. The summed E-state index contributed by atoms with van der Waals surface area (Å²) in [6.45, 7) is 3.27. The molecule has 0 saturated heterocycles. The van der Waals surface area contributed by atoms with E-state index in [-0.39, 0.29) is 25.6 Å². The topological polar surface area (TPSA) is 120 Å². The van der Waals surface area contributed by atoms with Gasteiger partial charge in [-0.15, -0.1) is 0 Å². The number of hydrogen-bond donors (Lipinski definition) is 3. The van der Waals surface area contributed by atoms with Gasteiger partial charge in [0.15, 0.2) is 23.2 Å². The summed E-state index contributed by atoms with van der Waals surface area (Å²) >= 11 is 7.44. The predicted molar refractivity (Wildman–Crippen MR) is 175 cm³/mol. The minimum Gasteiger partial charge on any atom is -0.493 e. The van der Waals surface area contributed by atoms with Crippen molar-refractivity contribution in [2.75, 3.05) is 20.3 Å². The largest absolute Gasteiger partial charge is 0.493 e. The molecule has 44 heavy (non-hydrogen) atoms. The van der Waals surface area contributed by atoms with Crippen LogP contribution < -0.4 is 30.3 Å². The van der Waals surface area contributed by atoms with Crippen molar-refractivity contribution in [3.8, 4) is 17.2 Å². The van der Waals surface area contributed by atoms with Gasteiger partial charge in [0.05, 0.1) is 31.5 Å². The number of amides is 1. The lowest BCUT2D eigenvalue weighted by Crippen LogP contribution is -2.45. The van der Waals surface area contributed by atoms with Gasteiger partial charge in [-0.05, 0) is 72.9 Å². The Hall–Kier alpha value is -4.24. The maximum atomic E-state index is 14.1. The average molecular weight is 733 g/mol. The molecule has 0 saturated carbocycles. The Morgan fingerprint density at radius 1 is 1.11 bits per heavy atom. The van der Waals surface area contributed by atoms with Crippen molar-refractivity contribution in [3.63, 3.8) is 0 Å². The Bertz CT molecular complexity index is 1620. The number of thiocarbonyl (C=S) groups is 1. The molecular formula is C31H30FIN4O6S. The zero-order valence-corrected chi connectivity index (χ0v) is 27.1. The quantitative estimate of drug-likeness (QED) is 0.0786. The first kappa shape index (κ1) is 32.7. The van der Waals surface area contributed by atoms with Crippen LogP contribution >= 0.6 is 34.8 Å². The minimum absolute atomic E-state index is 0.0344. The number of hydrogen-bond acceptors (Lipinski definition) is 8. The molecule has 3 N–H and O–H groups in total. The maximum absolute atomic E-state index is 14.1. The van der Waals surface area contributed by atoms with E-state index in [1.54, 1.807) is 68.4 Å². The fourth-order valence-electron chi connectivity index (χ4n) is 4.36. The molecule has 230 valence electrons. The van der Waals surface area contributed by atoms with Crippen LogP contribution in [0.25, 0.3) is 0 Å². The van der Waals surface area contributed by atoms with Crippen molar-refractivity contribution < 1.29 is 32.9 Å². The van der Waals surface area contributed by atoms with Gasteiger partial charge < -0.3 is 29.6 Å². The van der Waals surface area contributed by atoms with E-state index >= 15 is 0 Å². The first-order valence-corrected chi connectivity index (χ1v) is 14.9. The van der Waals surface area contributed by atoms with Crippen molar-refractivity contribution in [2.45, 2.75) is 26.5 Å². The second-order valence-electron chi connectivity index (χ2n) is 9.32. The fourth-order valence-corrected chi connectivity index (χ4v) is 5.25. The van der Waals surface area contributed by atoms with Gasteiger partial charge >= 0.3 is 5.97 Å². The molecule has 0 radical (unpaired) electrons. The summed E-state index contributed by atoms with van der Waals surface area (Å²) in [5.41, 5.74) is 4.84. The summed E-state index contributed by atoms with van der Waals surface area (Å²) in [4.78, 5) is 25.5. The van der Waals surface area contributed by atoms with Crippen LogP contribution in [0.5, 0.6) is 17.2 Å². The number of carbonyl (C=O) groups is 2. The number of ether oxygens (including phenoxy) is 4. The van der Waals surface area contributed by atoms with Gasteiger partial charge in [-0.1, -0.05) is 36.4 Å². The van der Waals surface area contributed by atoms with Crippen LogP contribution in [-0.4, -0.2) is 43.5 Å². The Labute approximate surface area is 273 Å². The highest BCUT2D eigenvalue weighted by Gasteiger charge is 2.32. The van der Waals surface area contributed by atoms with Crippen LogP contribution in [0.2, 0.25) is 0 Å². The Morgan fingerprint density at radius 3 is 2.61 bits per heavy atom. The van der Waals surface area contributed by atoms with Crippen LogP contribution in [-0.2, 0) is 20.9 Å². The standard InChI is InChI=1S/C31H30FIN4O6S/c1-4-41-30(39)27-18(2)35-31(44)36-28(27)22-10-6-8-12-24(22)42-17-26(38)37-34-15-20-13-21(33)14-25(40-3)29(20)43-16-19-9-5-7-11-23(19)32/h5-15,28H,4,16-17H2,1-3H3,(H,37,38)(H2,35,36,44)/t28-/m1/s1. The third-order valence-corrected chi connectivity index (χ3v) is 7.19. The average Bonchev–Trinajstić information content (AvgIpc) is 2.99. The summed E-state index contributed by atoms with van der Waals surface area (Å²) in [6, 6.07) is 16.2. The van der Waals surface area contributed by atoms with Crippen molar-refractivity contribution >= 4 is 58.0 Å². The molecule has 0 spiro atoms. The lowest BCUT2D eigenvalue weighted by molar-refractivity contribution is -0.139. The summed E-state index contributed by atoms with van der Waals surface area (Å²) in [5, 5.41) is 10.4. The normalized spacial score (nSPS) is 14.5. The van der Waals surface area contributed by atoms with Crippen molar-refractivity contribution in [3.05, 3.63) is 98.0 Å². The number of nitrogens with zero attached hydrogens (tertiary/aromatic N) is 1.